The lowest BCUT2D eigenvalue weighted by molar-refractivity contribution is -0.116. The van der Waals surface area contributed by atoms with Gasteiger partial charge in [0.05, 0.1) is 11.9 Å². The Morgan fingerprint density at radius 3 is 2.15 bits per heavy atom. The second-order valence-electron chi connectivity index (χ2n) is 6.93. The predicted octanol–water partition coefficient (Wildman–Crippen LogP) is 4.57. The van der Waals surface area contributed by atoms with E-state index >= 15 is 0 Å². The van der Waals surface area contributed by atoms with Crippen molar-refractivity contribution < 1.29 is 13.2 Å². The molecular weight excluding hydrogens is 384 g/mol. The molecule has 0 aliphatic rings. The maximum absolute atomic E-state index is 12.7. The van der Waals surface area contributed by atoms with Gasteiger partial charge in [-0.2, -0.15) is 0 Å². The molecule has 0 fully saturated rings. The third-order valence-electron chi connectivity index (χ3n) is 4.34. The van der Waals surface area contributed by atoms with Crippen molar-refractivity contribution in [3.63, 3.8) is 0 Å². The molecule has 0 aliphatic heterocycles. The zero-order valence-electron chi connectivity index (χ0n) is 16.2. The summed E-state index contributed by atoms with van der Waals surface area (Å²) in [4.78, 5) is 12.7. The van der Waals surface area contributed by atoms with Crippen LogP contribution in [0.4, 0.5) is 11.4 Å². The van der Waals surface area contributed by atoms with E-state index in [1.54, 1.807) is 25.1 Å². The lowest BCUT2D eigenvalue weighted by atomic mass is 10.0. The van der Waals surface area contributed by atoms with Crippen LogP contribution in [0.2, 0.25) is 5.02 Å². The molecule has 0 saturated carbocycles. The first-order valence-electron chi connectivity index (χ1n) is 8.67. The highest BCUT2D eigenvalue weighted by atomic mass is 35.5. The second-order valence-corrected chi connectivity index (χ2v) is 9.20. The molecular formula is C20H25ClN2O3S. The molecule has 0 aliphatic carbocycles. The van der Waals surface area contributed by atoms with Gasteiger partial charge in [-0.3, -0.25) is 9.10 Å². The summed E-state index contributed by atoms with van der Waals surface area (Å²) in [6, 6.07) is 11.5. The van der Waals surface area contributed by atoms with Gasteiger partial charge in [-0.05, 0) is 55.2 Å². The number of anilines is 2. The van der Waals surface area contributed by atoms with Gasteiger partial charge in [0.25, 0.3) is 0 Å². The summed E-state index contributed by atoms with van der Waals surface area (Å²) in [5.74, 6) is -0.0323. The summed E-state index contributed by atoms with van der Waals surface area (Å²) >= 11 is 6.14. The molecule has 5 nitrogen and oxygen atoms in total. The fraction of sp³-hybridized carbons (Fsp3) is 0.350. The van der Waals surface area contributed by atoms with Crippen molar-refractivity contribution in [3.8, 4) is 0 Å². The van der Waals surface area contributed by atoms with E-state index in [1.807, 2.05) is 31.2 Å². The van der Waals surface area contributed by atoms with Crippen LogP contribution >= 0.6 is 11.6 Å². The Morgan fingerprint density at radius 2 is 1.67 bits per heavy atom. The van der Waals surface area contributed by atoms with E-state index in [0.29, 0.717) is 22.3 Å². The fourth-order valence-corrected chi connectivity index (χ4v) is 4.07. The van der Waals surface area contributed by atoms with Crippen LogP contribution in [-0.2, 0) is 14.8 Å². The van der Waals surface area contributed by atoms with Gasteiger partial charge >= 0.3 is 0 Å². The molecule has 0 aromatic heterocycles. The summed E-state index contributed by atoms with van der Waals surface area (Å²) in [7, 11) is -3.69. The number of carbonyl (C=O) groups is 1. The van der Waals surface area contributed by atoms with E-state index in [0.717, 1.165) is 21.7 Å². The minimum absolute atomic E-state index is 0.353. The van der Waals surface area contributed by atoms with Gasteiger partial charge in [0, 0.05) is 10.7 Å². The fourth-order valence-electron chi connectivity index (χ4n) is 2.73. The second kappa shape index (κ2) is 8.31. The van der Waals surface area contributed by atoms with Crippen LogP contribution < -0.4 is 9.62 Å². The normalized spacial score (nSPS) is 12.7. The molecule has 0 bridgehead atoms. The first kappa shape index (κ1) is 21.3. The van der Waals surface area contributed by atoms with Crippen LogP contribution in [-0.4, -0.2) is 26.6 Å². The zero-order valence-corrected chi connectivity index (χ0v) is 17.7. The zero-order chi connectivity index (χ0) is 20.4. The minimum Gasteiger partial charge on any atom is -0.324 e. The molecule has 0 radical (unpaired) electrons. The number of sulfonamides is 1. The van der Waals surface area contributed by atoms with Gasteiger partial charge in [-0.1, -0.05) is 43.6 Å². The van der Waals surface area contributed by atoms with Crippen LogP contribution in [0.25, 0.3) is 0 Å². The van der Waals surface area contributed by atoms with Gasteiger partial charge < -0.3 is 5.32 Å². The van der Waals surface area contributed by atoms with Crippen LogP contribution in [0.15, 0.2) is 42.5 Å². The number of hydrogen-bond donors (Lipinski definition) is 1. The molecule has 27 heavy (non-hydrogen) atoms. The van der Waals surface area contributed by atoms with Gasteiger partial charge in [-0.25, -0.2) is 8.42 Å². The smallest absolute Gasteiger partial charge is 0.247 e. The number of carbonyl (C=O) groups excluding carboxylic acids is 1. The van der Waals surface area contributed by atoms with E-state index in [1.165, 1.54) is 0 Å². The van der Waals surface area contributed by atoms with Crippen molar-refractivity contribution in [2.24, 2.45) is 0 Å². The lowest BCUT2D eigenvalue weighted by Crippen LogP contribution is -2.45. The van der Waals surface area contributed by atoms with E-state index in [2.05, 4.69) is 19.2 Å². The Labute approximate surface area is 166 Å². The Kier molecular flexibility index (Phi) is 6.54. The number of aryl methyl sites for hydroxylation is 1. The number of amides is 1. The van der Waals surface area contributed by atoms with Crippen LogP contribution in [0.1, 0.15) is 37.8 Å². The molecule has 2 rings (SSSR count). The number of halogens is 1. The largest absolute Gasteiger partial charge is 0.324 e. The number of nitrogens with zero attached hydrogens (tertiary/aromatic N) is 1. The quantitative estimate of drug-likeness (QED) is 0.761. The number of benzene rings is 2. The molecule has 7 heteroatoms. The van der Waals surface area contributed by atoms with Crippen LogP contribution in [0.5, 0.6) is 0 Å². The molecule has 1 N–H and O–H groups in total. The molecule has 0 heterocycles. The Hall–Kier alpha value is -2.05. The van der Waals surface area contributed by atoms with E-state index < -0.39 is 22.0 Å². The number of nitrogens with one attached hydrogen (secondary N) is 1. The number of rotatable bonds is 6. The highest BCUT2D eigenvalue weighted by Crippen LogP contribution is 2.27. The average Bonchev–Trinajstić information content (AvgIpc) is 2.57. The molecule has 1 atom stereocenters. The van der Waals surface area contributed by atoms with Crippen molar-refractivity contribution in [1.29, 1.82) is 0 Å². The van der Waals surface area contributed by atoms with Gasteiger partial charge in [0.15, 0.2) is 0 Å². The summed E-state index contributed by atoms with van der Waals surface area (Å²) in [6.45, 7) is 7.55. The molecule has 0 spiro atoms. The van der Waals surface area contributed by atoms with Gasteiger partial charge in [0.2, 0.25) is 15.9 Å². The Bertz CT molecular complexity index is 925. The van der Waals surface area contributed by atoms with E-state index in [9.17, 15) is 13.2 Å². The van der Waals surface area contributed by atoms with Gasteiger partial charge in [-0.15, -0.1) is 0 Å². The average molecular weight is 409 g/mol. The standard InChI is InChI=1S/C20H25ClN2O3S/c1-13(2)16-7-9-17(10-8-16)22-20(24)15(4)23(27(5,25)26)18-11-6-14(3)19(21)12-18/h6-13,15H,1-5H3,(H,22,24)/t15-/m1/s1. The summed E-state index contributed by atoms with van der Waals surface area (Å²) < 4.78 is 25.8. The third-order valence-corrected chi connectivity index (χ3v) is 5.99. The van der Waals surface area contributed by atoms with E-state index in [-0.39, 0.29) is 0 Å². The summed E-state index contributed by atoms with van der Waals surface area (Å²) in [5, 5.41) is 3.22. The van der Waals surface area contributed by atoms with Gasteiger partial charge in [0.1, 0.15) is 6.04 Å². The van der Waals surface area contributed by atoms with Crippen molar-refractivity contribution in [2.75, 3.05) is 15.9 Å². The molecule has 1 amide bonds. The Morgan fingerprint density at radius 1 is 1.07 bits per heavy atom. The summed E-state index contributed by atoms with van der Waals surface area (Å²) in [5.41, 5.74) is 2.96. The third kappa shape index (κ3) is 5.23. The lowest BCUT2D eigenvalue weighted by Gasteiger charge is -2.28. The van der Waals surface area contributed by atoms with Crippen molar-refractivity contribution in [2.45, 2.75) is 39.7 Å². The maximum atomic E-state index is 12.7. The molecule has 2 aromatic rings. The minimum atomic E-state index is -3.69. The number of hydrogen-bond acceptors (Lipinski definition) is 3. The molecule has 146 valence electrons. The monoisotopic (exact) mass is 408 g/mol. The predicted molar refractivity (Wildman–Crippen MR) is 112 cm³/mol. The van der Waals surface area contributed by atoms with E-state index in [4.69, 9.17) is 11.6 Å². The Balaban J connectivity index is 2.28. The molecule has 2 aromatic carbocycles. The topological polar surface area (TPSA) is 66.5 Å². The van der Waals surface area contributed by atoms with Crippen molar-refractivity contribution in [3.05, 3.63) is 58.6 Å². The summed E-state index contributed by atoms with van der Waals surface area (Å²) in [6.07, 6.45) is 1.07. The van der Waals surface area contributed by atoms with Crippen molar-refractivity contribution >= 4 is 38.9 Å². The molecule has 0 unspecified atom stereocenters. The highest BCUT2D eigenvalue weighted by Gasteiger charge is 2.29. The maximum Gasteiger partial charge on any atom is 0.247 e. The highest BCUT2D eigenvalue weighted by molar-refractivity contribution is 7.92. The first-order valence-corrected chi connectivity index (χ1v) is 10.9. The van der Waals surface area contributed by atoms with Crippen LogP contribution in [0, 0.1) is 6.92 Å². The SMILES string of the molecule is Cc1ccc(N([C@H](C)C(=O)Nc2ccc(C(C)C)cc2)S(C)(=O)=O)cc1Cl. The first-order chi connectivity index (χ1) is 12.5. The van der Waals surface area contributed by atoms with Crippen LogP contribution in [0.3, 0.4) is 0 Å². The molecule has 0 saturated heterocycles. The van der Waals surface area contributed by atoms with Crippen molar-refractivity contribution in [1.82, 2.24) is 0 Å².